The largest absolute Gasteiger partial charge is 0.322 e. The number of halogens is 1. The SMILES string of the molecule is CC(C)C(N)c1csc(-c2ccc(F)cc2)n1. The van der Waals surface area contributed by atoms with Crippen LogP contribution < -0.4 is 5.73 Å². The van der Waals surface area contributed by atoms with Crippen molar-refractivity contribution in [3.8, 4) is 10.6 Å². The summed E-state index contributed by atoms with van der Waals surface area (Å²) in [5.74, 6) is 0.127. The summed E-state index contributed by atoms with van der Waals surface area (Å²) in [6.07, 6.45) is 0. The van der Waals surface area contributed by atoms with E-state index in [0.29, 0.717) is 5.92 Å². The van der Waals surface area contributed by atoms with Gasteiger partial charge in [0.2, 0.25) is 0 Å². The van der Waals surface area contributed by atoms with Crippen LogP contribution in [0.25, 0.3) is 10.6 Å². The third-order valence-corrected chi connectivity index (χ3v) is 3.58. The van der Waals surface area contributed by atoms with E-state index >= 15 is 0 Å². The molecule has 4 heteroatoms. The maximum Gasteiger partial charge on any atom is 0.123 e. The van der Waals surface area contributed by atoms with Crippen LogP contribution in [-0.4, -0.2) is 4.98 Å². The molecule has 0 aliphatic rings. The molecule has 2 aromatic rings. The molecular formula is C13H15FN2S. The highest BCUT2D eigenvalue weighted by Gasteiger charge is 2.14. The quantitative estimate of drug-likeness (QED) is 0.903. The minimum absolute atomic E-state index is 0.0413. The maximum atomic E-state index is 12.8. The molecule has 0 aliphatic heterocycles. The highest BCUT2D eigenvalue weighted by molar-refractivity contribution is 7.13. The first-order valence-electron chi connectivity index (χ1n) is 5.55. The smallest absolute Gasteiger partial charge is 0.123 e. The Morgan fingerprint density at radius 1 is 1.24 bits per heavy atom. The Bertz CT molecular complexity index is 490. The summed E-state index contributed by atoms with van der Waals surface area (Å²) >= 11 is 1.54. The molecule has 0 saturated heterocycles. The molecule has 1 aromatic heterocycles. The fourth-order valence-corrected chi connectivity index (χ4v) is 2.38. The highest BCUT2D eigenvalue weighted by atomic mass is 32.1. The Hall–Kier alpha value is -1.26. The van der Waals surface area contributed by atoms with Gasteiger partial charge in [0.25, 0.3) is 0 Å². The van der Waals surface area contributed by atoms with Gasteiger partial charge in [-0.2, -0.15) is 0 Å². The van der Waals surface area contributed by atoms with Gasteiger partial charge in [-0.3, -0.25) is 0 Å². The lowest BCUT2D eigenvalue weighted by atomic mass is 10.0. The summed E-state index contributed by atoms with van der Waals surface area (Å²) in [5, 5.41) is 2.86. The Labute approximate surface area is 104 Å². The molecule has 0 fully saturated rings. The van der Waals surface area contributed by atoms with Gasteiger partial charge in [0.05, 0.1) is 11.7 Å². The monoisotopic (exact) mass is 250 g/mol. The summed E-state index contributed by atoms with van der Waals surface area (Å²) in [4.78, 5) is 4.50. The second kappa shape index (κ2) is 4.94. The number of nitrogens with two attached hydrogens (primary N) is 1. The molecule has 0 aliphatic carbocycles. The molecule has 0 amide bonds. The summed E-state index contributed by atoms with van der Waals surface area (Å²) < 4.78 is 12.8. The average Bonchev–Trinajstić information content (AvgIpc) is 2.78. The molecular weight excluding hydrogens is 235 g/mol. The van der Waals surface area contributed by atoms with Gasteiger partial charge in [0.1, 0.15) is 10.8 Å². The number of benzene rings is 1. The summed E-state index contributed by atoms with van der Waals surface area (Å²) in [6.45, 7) is 4.14. The minimum Gasteiger partial charge on any atom is -0.322 e. The average molecular weight is 250 g/mol. The molecule has 0 spiro atoms. The second-order valence-electron chi connectivity index (χ2n) is 4.35. The highest BCUT2D eigenvalue weighted by Crippen LogP contribution is 2.27. The van der Waals surface area contributed by atoms with Gasteiger partial charge in [-0.05, 0) is 30.2 Å². The predicted octanol–water partition coefficient (Wildman–Crippen LogP) is 3.61. The molecule has 2 nitrogen and oxygen atoms in total. The van der Waals surface area contributed by atoms with Crippen LogP contribution in [0.2, 0.25) is 0 Å². The first-order valence-corrected chi connectivity index (χ1v) is 6.43. The third kappa shape index (κ3) is 2.70. The fraction of sp³-hybridized carbons (Fsp3) is 0.308. The van der Waals surface area contributed by atoms with E-state index in [1.165, 1.54) is 12.1 Å². The van der Waals surface area contributed by atoms with Crippen LogP contribution in [-0.2, 0) is 0 Å². The van der Waals surface area contributed by atoms with E-state index in [1.807, 2.05) is 5.38 Å². The van der Waals surface area contributed by atoms with E-state index in [0.717, 1.165) is 16.3 Å². The lowest BCUT2D eigenvalue weighted by Crippen LogP contribution is -2.16. The molecule has 0 radical (unpaired) electrons. The number of hydrogen-bond donors (Lipinski definition) is 1. The summed E-state index contributed by atoms with van der Waals surface area (Å²) in [7, 11) is 0. The summed E-state index contributed by atoms with van der Waals surface area (Å²) in [5.41, 5.74) is 7.87. The van der Waals surface area contributed by atoms with Crippen molar-refractivity contribution in [3.05, 3.63) is 41.2 Å². The number of hydrogen-bond acceptors (Lipinski definition) is 3. The van der Waals surface area contributed by atoms with Gasteiger partial charge in [0, 0.05) is 10.9 Å². The Kier molecular flexibility index (Phi) is 3.54. The van der Waals surface area contributed by atoms with E-state index in [-0.39, 0.29) is 11.9 Å². The number of aromatic nitrogens is 1. The molecule has 0 saturated carbocycles. The standard InChI is InChI=1S/C13H15FN2S/c1-8(2)12(15)11-7-17-13(16-11)9-3-5-10(14)6-4-9/h3-8,12H,15H2,1-2H3. The first-order chi connectivity index (χ1) is 8.08. The van der Waals surface area contributed by atoms with Crippen LogP contribution in [0.4, 0.5) is 4.39 Å². The van der Waals surface area contributed by atoms with Gasteiger partial charge in [-0.1, -0.05) is 13.8 Å². The van der Waals surface area contributed by atoms with Crippen LogP contribution in [0.3, 0.4) is 0 Å². The lowest BCUT2D eigenvalue weighted by Gasteiger charge is -2.12. The van der Waals surface area contributed by atoms with Crippen molar-refractivity contribution in [2.24, 2.45) is 11.7 Å². The van der Waals surface area contributed by atoms with Crippen molar-refractivity contribution in [2.45, 2.75) is 19.9 Å². The van der Waals surface area contributed by atoms with E-state index in [9.17, 15) is 4.39 Å². The first kappa shape index (κ1) is 12.2. The van der Waals surface area contributed by atoms with Gasteiger partial charge in [0.15, 0.2) is 0 Å². The molecule has 0 bridgehead atoms. The third-order valence-electron chi connectivity index (χ3n) is 2.67. The second-order valence-corrected chi connectivity index (χ2v) is 5.21. The normalized spacial score (nSPS) is 13.0. The molecule has 2 N–H and O–H groups in total. The van der Waals surface area contributed by atoms with Crippen LogP contribution >= 0.6 is 11.3 Å². The summed E-state index contributed by atoms with van der Waals surface area (Å²) in [6, 6.07) is 6.32. The number of rotatable bonds is 3. The van der Waals surface area contributed by atoms with Crippen LogP contribution in [0.5, 0.6) is 0 Å². The molecule has 1 heterocycles. The van der Waals surface area contributed by atoms with Gasteiger partial charge >= 0.3 is 0 Å². The van der Waals surface area contributed by atoms with E-state index in [4.69, 9.17) is 5.73 Å². The van der Waals surface area contributed by atoms with E-state index in [1.54, 1.807) is 23.5 Å². The molecule has 1 aromatic carbocycles. The zero-order valence-electron chi connectivity index (χ0n) is 9.85. The Morgan fingerprint density at radius 3 is 2.47 bits per heavy atom. The molecule has 2 rings (SSSR count). The topological polar surface area (TPSA) is 38.9 Å². The molecule has 17 heavy (non-hydrogen) atoms. The van der Waals surface area contributed by atoms with Crippen LogP contribution in [0.15, 0.2) is 29.6 Å². The minimum atomic E-state index is -0.232. The van der Waals surface area contributed by atoms with E-state index in [2.05, 4.69) is 18.8 Å². The van der Waals surface area contributed by atoms with Gasteiger partial charge in [-0.15, -0.1) is 11.3 Å². The maximum absolute atomic E-state index is 12.8. The van der Waals surface area contributed by atoms with Crippen molar-refractivity contribution >= 4 is 11.3 Å². The van der Waals surface area contributed by atoms with Gasteiger partial charge < -0.3 is 5.73 Å². The van der Waals surface area contributed by atoms with Crippen molar-refractivity contribution in [2.75, 3.05) is 0 Å². The Balaban J connectivity index is 2.26. The molecule has 1 atom stereocenters. The fourth-order valence-electron chi connectivity index (χ4n) is 1.51. The van der Waals surface area contributed by atoms with Crippen molar-refractivity contribution in [1.82, 2.24) is 4.98 Å². The van der Waals surface area contributed by atoms with E-state index < -0.39 is 0 Å². The zero-order valence-corrected chi connectivity index (χ0v) is 10.7. The lowest BCUT2D eigenvalue weighted by molar-refractivity contribution is 0.505. The van der Waals surface area contributed by atoms with Gasteiger partial charge in [-0.25, -0.2) is 9.37 Å². The van der Waals surface area contributed by atoms with Crippen molar-refractivity contribution < 1.29 is 4.39 Å². The van der Waals surface area contributed by atoms with Crippen LogP contribution in [0.1, 0.15) is 25.6 Å². The zero-order chi connectivity index (χ0) is 12.4. The number of thiazole rings is 1. The predicted molar refractivity (Wildman–Crippen MR) is 69.3 cm³/mol. The van der Waals surface area contributed by atoms with Crippen LogP contribution in [0, 0.1) is 11.7 Å². The molecule has 1 unspecified atom stereocenters. The number of nitrogens with zero attached hydrogens (tertiary/aromatic N) is 1. The Morgan fingerprint density at radius 2 is 1.88 bits per heavy atom. The van der Waals surface area contributed by atoms with Crippen molar-refractivity contribution in [3.63, 3.8) is 0 Å². The molecule has 90 valence electrons. The van der Waals surface area contributed by atoms with Crippen molar-refractivity contribution in [1.29, 1.82) is 0 Å².